The van der Waals surface area contributed by atoms with Crippen molar-refractivity contribution in [2.75, 3.05) is 0 Å². The number of carbonyl (C=O) groups is 1. The summed E-state index contributed by atoms with van der Waals surface area (Å²) >= 11 is 0. The van der Waals surface area contributed by atoms with E-state index in [0.717, 1.165) is 0 Å². The first-order chi connectivity index (χ1) is 3.18. The maximum atomic E-state index is 9.83. The van der Waals surface area contributed by atoms with Gasteiger partial charge < -0.3 is 7.96 Å². The van der Waals surface area contributed by atoms with Crippen LogP contribution < -0.4 is 37.7 Å². The molecule has 0 aromatic heterocycles. The Kier molecular flexibility index (Phi) is 15.1. The minimum absolute atomic E-state index is 0. The number of carboxylic acids is 1. The van der Waals surface area contributed by atoms with Gasteiger partial charge in [-0.3, -0.25) is 0 Å². The van der Waals surface area contributed by atoms with Crippen molar-refractivity contribution in [2.45, 2.75) is 13.3 Å². The molecule has 0 unspecified atom stereocenters. The van der Waals surface area contributed by atoms with Gasteiger partial charge in [-0.25, -0.2) is 4.79 Å². The molecular weight excluding hydrogens is 106 g/mol. The van der Waals surface area contributed by atoms with Gasteiger partial charge in [0.05, 0.1) is 0 Å². The predicted octanol–water partition coefficient (Wildman–Crippen LogP) is -4.73. The molecule has 2 nitrogen and oxygen atoms in total. The average Bonchev–Trinajstić information content (AvgIpc) is 1.65. The summed E-state index contributed by atoms with van der Waals surface area (Å²) in [7, 11) is 0. The molecule has 9 heavy (non-hydrogen) atoms. The van der Waals surface area contributed by atoms with Gasteiger partial charge in [-0.15, -0.1) is 0 Å². The summed E-state index contributed by atoms with van der Waals surface area (Å²) in [5.41, 5.74) is 0.264. The van der Waals surface area contributed by atoms with Gasteiger partial charge in [0.15, 0.2) is 0 Å². The van der Waals surface area contributed by atoms with Crippen LogP contribution in [0, 0.1) is 0 Å². The van der Waals surface area contributed by atoms with Gasteiger partial charge in [0, 0.05) is 5.57 Å². The van der Waals surface area contributed by atoms with E-state index >= 15 is 0 Å². The number of carboxylic acid groups (broad SMARTS) is 1. The van der Waals surface area contributed by atoms with Crippen molar-refractivity contribution in [1.82, 2.24) is 0 Å². The third-order valence-electron chi connectivity index (χ3n) is 0.729. The largest absolute Gasteiger partial charge is 1.00 e. The van der Waals surface area contributed by atoms with Crippen molar-refractivity contribution >= 4 is 5.97 Å². The second kappa shape index (κ2) is 8.40. The average molecular weight is 116 g/mol. The van der Waals surface area contributed by atoms with E-state index in [1.165, 1.54) is 0 Å². The van der Waals surface area contributed by atoms with E-state index < -0.39 is 5.97 Å². The van der Waals surface area contributed by atoms with E-state index in [4.69, 9.17) is 5.11 Å². The Morgan fingerprint density at radius 2 is 2.00 bits per heavy atom. The van der Waals surface area contributed by atoms with Crippen molar-refractivity contribution in [3.05, 3.63) is 12.2 Å². The molecule has 0 aliphatic carbocycles. The van der Waals surface area contributed by atoms with E-state index in [1.807, 2.05) is 0 Å². The topological polar surface area (TPSA) is 37.3 Å². The smallest absolute Gasteiger partial charge is 1.00 e. The quantitative estimate of drug-likeness (QED) is 0.290. The Labute approximate surface area is 82.0 Å². The summed E-state index contributed by atoms with van der Waals surface area (Å²) in [6.45, 7) is 5.03. The first kappa shape index (κ1) is 16.2. The minimum atomic E-state index is -0.900. The molecule has 0 aliphatic rings. The van der Waals surface area contributed by atoms with Gasteiger partial charge in [-0.1, -0.05) is 13.5 Å². The second-order valence-electron chi connectivity index (χ2n) is 1.26. The van der Waals surface area contributed by atoms with Gasteiger partial charge in [-0.2, -0.15) is 0 Å². The summed E-state index contributed by atoms with van der Waals surface area (Å²) < 4.78 is 0. The first-order valence-corrected chi connectivity index (χ1v) is 2.09. The van der Waals surface area contributed by atoms with Crippen molar-refractivity contribution in [3.8, 4) is 0 Å². The van der Waals surface area contributed by atoms with Gasteiger partial charge in [0.2, 0.25) is 0 Å². The number of aliphatic carboxylic acids is 1. The van der Waals surface area contributed by atoms with Gasteiger partial charge in [0.1, 0.15) is 0 Å². The molecule has 0 rings (SSSR count). The first-order valence-electron chi connectivity index (χ1n) is 2.09. The van der Waals surface area contributed by atoms with E-state index in [-0.39, 0.29) is 46.1 Å². The summed E-state index contributed by atoms with van der Waals surface area (Å²) in [4.78, 5) is 9.83. The Bertz CT molecular complexity index is 109. The SMILES string of the molecule is C=C(CC)C(=O)O.[H-].[H-].[Li+].[Li+]. The van der Waals surface area contributed by atoms with Crippen LogP contribution >= 0.6 is 0 Å². The fourth-order valence-corrected chi connectivity index (χ4v) is 0.151. The Balaban J connectivity index is -0.0000000300. The molecule has 0 aromatic carbocycles. The van der Waals surface area contributed by atoms with Crippen molar-refractivity contribution in [2.24, 2.45) is 0 Å². The third-order valence-corrected chi connectivity index (χ3v) is 0.729. The molecule has 0 saturated carbocycles. The molecular formula is C5H10Li2O2. The Morgan fingerprint density at radius 1 is 1.67 bits per heavy atom. The normalized spacial score (nSPS) is 6.33. The fraction of sp³-hybridized carbons (Fsp3) is 0.400. The zero-order valence-corrected chi connectivity index (χ0v) is 6.27. The second-order valence-corrected chi connectivity index (χ2v) is 1.26. The van der Waals surface area contributed by atoms with Crippen molar-refractivity contribution in [3.63, 3.8) is 0 Å². The molecule has 0 aromatic rings. The van der Waals surface area contributed by atoms with Crippen LogP contribution in [0.5, 0.6) is 0 Å². The Morgan fingerprint density at radius 3 is 2.00 bits per heavy atom. The zero-order chi connectivity index (χ0) is 5.86. The van der Waals surface area contributed by atoms with Gasteiger partial charge in [-0.05, 0) is 6.42 Å². The summed E-state index contributed by atoms with van der Waals surface area (Å²) in [5, 5.41) is 8.08. The standard InChI is InChI=1S/C5H8O2.2Li.2H/c1-3-4(2)5(6)7;;;;/h2-3H2,1H3,(H,6,7);;;;/q;2*+1;2*-1. The molecule has 44 valence electrons. The number of rotatable bonds is 2. The molecule has 0 fully saturated rings. The maximum Gasteiger partial charge on any atom is 1.00 e. The predicted molar refractivity (Wildman–Crippen MR) is 29.3 cm³/mol. The van der Waals surface area contributed by atoms with Crippen molar-refractivity contribution in [1.29, 1.82) is 0 Å². The molecule has 4 heteroatoms. The molecule has 0 bridgehead atoms. The van der Waals surface area contributed by atoms with E-state index in [0.29, 0.717) is 6.42 Å². The number of hydrogen-bond donors (Lipinski definition) is 1. The molecule has 0 saturated heterocycles. The molecule has 1 N–H and O–H groups in total. The van der Waals surface area contributed by atoms with Crippen LogP contribution in [0.2, 0.25) is 0 Å². The third kappa shape index (κ3) is 8.40. The fourth-order valence-electron chi connectivity index (χ4n) is 0.151. The molecule has 0 heterocycles. The van der Waals surface area contributed by atoms with E-state index in [2.05, 4.69) is 6.58 Å². The Hall–Kier alpha value is 0.405. The molecule has 0 radical (unpaired) electrons. The van der Waals surface area contributed by atoms with Crippen LogP contribution in [0.25, 0.3) is 0 Å². The van der Waals surface area contributed by atoms with Crippen LogP contribution in [0.1, 0.15) is 16.2 Å². The van der Waals surface area contributed by atoms with Crippen LogP contribution in [0.3, 0.4) is 0 Å². The van der Waals surface area contributed by atoms with E-state index in [9.17, 15) is 4.79 Å². The van der Waals surface area contributed by atoms with E-state index in [1.54, 1.807) is 6.92 Å². The minimum Gasteiger partial charge on any atom is -1.00 e. The monoisotopic (exact) mass is 116 g/mol. The maximum absolute atomic E-state index is 9.83. The van der Waals surface area contributed by atoms with Crippen LogP contribution in [-0.4, -0.2) is 11.1 Å². The van der Waals surface area contributed by atoms with Gasteiger partial charge in [0.25, 0.3) is 0 Å². The number of hydrogen-bond acceptors (Lipinski definition) is 1. The molecule has 0 amide bonds. The summed E-state index contributed by atoms with van der Waals surface area (Å²) in [6.07, 6.45) is 0.523. The van der Waals surface area contributed by atoms with Crippen LogP contribution in [0.15, 0.2) is 12.2 Å². The summed E-state index contributed by atoms with van der Waals surface area (Å²) in [6, 6.07) is 0. The molecule has 0 spiro atoms. The zero-order valence-electron chi connectivity index (χ0n) is 8.27. The summed E-state index contributed by atoms with van der Waals surface area (Å²) in [5.74, 6) is -0.900. The molecule has 0 aliphatic heterocycles. The van der Waals surface area contributed by atoms with Crippen LogP contribution in [-0.2, 0) is 4.79 Å². The van der Waals surface area contributed by atoms with Gasteiger partial charge >= 0.3 is 43.7 Å². The molecule has 0 atom stereocenters. The van der Waals surface area contributed by atoms with Crippen molar-refractivity contribution < 1.29 is 50.5 Å². The van der Waals surface area contributed by atoms with Crippen LogP contribution in [0.4, 0.5) is 0 Å².